The van der Waals surface area contributed by atoms with Crippen molar-refractivity contribution in [3.8, 4) is 18.1 Å². The summed E-state index contributed by atoms with van der Waals surface area (Å²) in [6.45, 7) is 2.39. The molecule has 1 aromatic carbocycles. The molecule has 5 heteroatoms. The maximum atomic E-state index is 6.00. The predicted octanol–water partition coefficient (Wildman–Crippen LogP) is 1.92. The van der Waals surface area contributed by atoms with Crippen molar-refractivity contribution in [1.82, 2.24) is 5.32 Å². The molecular formula is C16H19N3OS. The number of hydrogen-bond donors (Lipinski definition) is 2. The Bertz CT molecular complexity index is 578. The summed E-state index contributed by atoms with van der Waals surface area (Å²) in [6.07, 6.45) is 6.31. The maximum Gasteiger partial charge on any atom is 0.148 e. The van der Waals surface area contributed by atoms with Gasteiger partial charge in [-0.1, -0.05) is 18.1 Å². The fourth-order valence-electron chi connectivity index (χ4n) is 2.94. The fraction of sp³-hybridized carbons (Fsp3) is 0.438. The summed E-state index contributed by atoms with van der Waals surface area (Å²) in [5.41, 5.74) is 8.45. The van der Waals surface area contributed by atoms with Crippen LogP contribution >= 0.6 is 11.8 Å². The maximum absolute atomic E-state index is 6.00. The lowest BCUT2D eigenvalue weighted by molar-refractivity contribution is 0.370. The van der Waals surface area contributed by atoms with Crippen molar-refractivity contribution < 1.29 is 4.74 Å². The number of hydrogen-bond acceptors (Lipinski definition) is 5. The van der Waals surface area contributed by atoms with Crippen LogP contribution in [0, 0.1) is 12.3 Å². The van der Waals surface area contributed by atoms with E-state index in [2.05, 4.69) is 35.3 Å². The number of ether oxygens (including phenoxy) is 1. The van der Waals surface area contributed by atoms with E-state index in [1.807, 2.05) is 12.1 Å². The molecule has 2 aliphatic rings. The number of nitrogens with zero attached hydrogens (tertiary/aromatic N) is 1. The Morgan fingerprint density at radius 2 is 2.24 bits per heavy atom. The zero-order chi connectivity index (χ0) is 14.8. The van der Waals surface area contributed by atoms with E-state index in [0.717, 1.165) is 12.2 Å². The molecule has 3 rings (SSSR count). The lowest BCUT2D eigenvalue weighted by Gasteiger charge is -2.30. The molecule has 2 aliphatic heterocycles. The van der Waals surface area contributed by atoms with Gasteiger partial charge in [-0.05, 0) is 31.0 Å². The molecule has 0 radical (unpaired) electrons. The van der Waals surface area contributed by atoms with Crippen LogP contribution in [0.1, 0.15) is 24.8 Å². The first kappa shape index (κ1) is 14.5. The summed E-state index contributed by atoms with van der Waals surface area (Å²) in [6, 6.07) is 8.21. The molecule has 0 saturated carbocycles. The van der Waals surface area contributed by atoms with E-state index in [1.54, 1.807) is 11.8 Å². The lowest BCUT2D eigenvalue weighted by Crippen LogP contribution is -2.40. The van der Waals surface area contributed by atoms with E-state index in [4.69, 9.17) is 16.9 Å². The Hall–Kier alpha value is -1.48. The Morgan fingerprint density at radius 3 is 2.95 bits per heavy atom. The SMILES string of the molecule is C#CCOc1ccc(C2CC(C)=NC3NC(N)SC32)cc1. The summed E-state index contributed by atoms with van der Waals surface area (Å²) in [7, 11) is 0. The molecule has 0 bridgehead atoms. The highest BCUT2D eigenvalue weighted by Gasteiger charge is 2.41. The van der Waals surface area contributed by atoms with Crippen LogP contribution < -0.4 is 15.8 Å². The highest BCUT2D eigenvalue weighted by atomic mass is 32.2. The second-order valence-electron chi connectivity index (χ2n) is 5.37. The van der Waals surface area contributed by atoms with Gasteiger partial charge in [-0.15, -0.1) is 18.2 Å². The Balaban J connectivity index is 1.79. The average Bonchev–Trinajstić information content (AvgIpc) is 2.85. The normalized spacial score (nSPS) is 31.2. The fourth-order valence-corrected chi connectivity index (χ4v) is 4.23. The van der Waals surface area contributed by atoms with Crippen LogP contribution in [0.25, 0.3) is 0 Å². The quantitative estimate of drug-likeness (QED) is 0.838. The molecule has 4 atom stereocenters. The Kier molecular flexibility index (Phi) is 4.20. The zero-order valence-electron chi connectivity index (χ0n) is 12.0. The summed E-state index contributed by atoms with van der Waals surface area (Å²) in [4.78, 5) is 4.69. The van der Waals surface area contributed by atoms with Gasteiger partial charge in [0.1, 0.15) is 24.0 Å². The molecule has 1 saturated heterocycles. The number of aliphatic imine (C=N–C) groups is 1. The van der Waals surface area contributed by atoms with E-state index in [9.17, 15) is 0 Å². The van der Waals surface area contributed by atoms with Gasteiger partial charge in [-0.25, -0.2) is 0 Å². The second kappa shape index (κ2) is 6.10. The third-order valence-electron chi connectivity index (χ3n) is 3.85. The molecule has 0 spiro atoms. The standard InChI is InChI=1S/C16H19N3OS/c1-3-8-20-12-6-4-11(5-7-12)13-9-10(2)18-15-14(13)21-16(17)19-15/h1,4-7,13-16,19H,8-9,17H2,2H3. The lowest BCUT2D eigenvalue weighted by atomic mass is 9.87. The number of fused-ring (bicyclic) bond motifs is 1. The third-order valence-corrected chi connectivity index (χ3v) is 5.18. The molecule has 3 N–H and O–H groups in total. The molecule has 0 amide bonds. The van der Waals surface area contributed by atoms with Crippen LogP contribution in [0.5, 0.6) is 5.75 Å². The van der Waals surface area contributed by atoms with Crippen molar-refractivity contribution in [2.24, 2.45) is 10.7 Å². The minimum atomic E-state index is -0.0321. The largest absolute Gasteiger partial charge is 0.481 e. The first-order chi connectivity index (χ1) is 10.2. The monoisotopic (exact) mass is 301 g/mol. The number of nitrogens with two attached hydrogens (primary N) is 1. The van der Waals surface area contributed by atoms with Crippen molar-refractivity contribution in [3.63, 3.8) is 0 Å². The summed E-state index contributed by atoms with van der Waals surface area (Å²) < 4.78 is 5.42. The number of thioether (sulfide) groups is 1. The second-order valence-corrected chi connectivity index (χ2v) is 6.69. The van der Waals surface area contributed by atoms with E-state index in [0.29, 0.717) is 17.8 Å². The van der Waals surface area contributed by atoms with E-state index in [1.165, 1.54) is 11.3 Å². The highest BCUT2D eigenvalue weighted by molar-refractivity contribution is 8.00. The van der Waals surface area contributed by atoms with Crippen LogP contribution in [-0.2, 0) is 0 Å². The van der Waals surface area contributed by atoms with Gasteiger partial charge in [-0.2, -0.15) is 0 Å². The van der Waals surface area contributed by atoms with Gasteiger partial charge in [0, 0.05) is 11.6 Å². The van der Waals surface area contributed by atoms with Gasteiger partial charge in [0.25, 0.3) is 0 Å². The number of rotatable bonds is 3. The molecule has 4 nitrogen and oxygen atoms in total. The smallest absolute Gasteiger partial charge is 0.148 e. The first-order valence-electron chi connectivity index (χ1n) is 7.04. The number of benzene rings is 1. The molecular weight excluding hydrogens is 282 g/mol. The topological polar surface area (TPSA) is 59.6 Å². The van der Waals surface area contributed by atoms with E-state index >= 15 is 0 Å². The van der Waals surface area contributed by atoms with Crippen LogP contribution in [-0.4, -0.2) is 29.2 Å². The summed E-state index contributed by atoms with van der Waals surface area (Å²) in [5, 5.41) is 3.72. The van der Waals surface area contributed by atoms with Crippen LogP contribution in [0.2, 0.25) is 0 Å². The predicted molar refractivity (Wildman–Crippen MR) is 87.5 cm³/mol. The molecule has 4 unspecified atom stereocenters. The van der Waals surface area contributed by atoms with Gasteiger partial charge >= 0.3 is 0 Å². The molecule has 0 aliphatic carbocycles. The van der Waals surface area contributed by atoms with Gasteiger partial charge < -0.3 is 10.5 Å². The highest BCUT2D eigenvalue weighted by Crippen LogP contribution is 2.42. The number of terminal acetylenes is 1. The van der Waals surface area contributed by atoms with Crippen LogP contribution in [0.15, 0.2) is 29.3 Å². The Labute approximate surface area is 129 Å². The van der Waals surface area contributed by atoms with Gasteiger partial charge in [-0.3, -0.25) is 10.3 Å². The molecule has 1 fully saturated rings. The van der Waals surface area contributed by atoms with Crippen molar-refractivity contribution in [1.29, 1.82) is 0 Å². The van der Waals surface area contributed by atoms with Crippen molar-refractivity contribution >= 4 is 17.5 Å². The summed E-state index contributed by atoms with van der Waals surface area (Å²) >= 11 is 1.77. The van der Waals surface area contributed by atoms with Crippen molar-refractivity contribution in [2.45, 2.75) is 36.2 Å². The minimum Gasteiger partial charge on any atom is -0.481 e. The third kappa shape index (κ3) is 3.08. The van der Waals surface area contributed by atoms with Gasteiger partial charge in [0.2, 0.25) is 0 Å². The minimum absolute atomic E-state index is 0.0321. The zero-order valence-corrected chi connectivity index (χ0v) is 12.8. The molecule has 0 aromatic heterocycles. The molecule has 110 valence electrons. The first-order valence-corrected chi connectivity index (χ1v) is 7.98. The van der Waals surface area contributed by atoms with Crippen molar-refractivity contribution in [3.05, 3.63) is 29.8 Å². The average molecular weight is 301 g/mol. The van der Waals surface area contributed by atoms with Gasteiger partial charge in [0.05, 0.1) is 5.25 Å². The molecule has 1 aromatic rings. The summed E-state index contributed by atoms with van der Waals surface area (Å²) in [5.74, 6) is 3.71. The van der Waals surface area contributed by atoms with Crippen LogP contribution in [0.3, 0.4) is 0 Å². The molecule has 2 heterocycles. The van der Waals surface area contributed by atoms with Crippen molar-refractivity contribution in [2.75, 3.05) is 6.61 Å². The van der Waals surface area contributed by atoms with Crippen LogP contribution in [0.4, 0.5) is 0 Å². The van der Waals surface area contributed by atoms with E-state index in [-0.39, 0.29) is 11.7 Å². The van der Waals surface area contributed by atoms with E-state index < -0.39 is 0 Å². The number of nitrogens with one attached hydrogen (secondary N) is 1. The van der Waals surface area contributed by atoms with Gasteiger partial charge in [0.15, 0.2) is 0 Å². The molecule has 21 heavy (non-hydrogen) atoms. The Morgan fingerprint density at radius 1 is 1.48 bits per heavy atom.